The molecule has 0 radical (unpaired) electrons. The van der Waals surface area contributed by atoms with Crippen molar-refractivity contribution in [1.82, 2.24) is 4.31 Å². The Kier molecular flexibility index (Phi) is 7.23. The molecule has 2 aromatic rings. The third kappa shape index (κ3) is 5.24. The van der Waals surface area contributed by atoms with Gasteiger partial charge < -0.3 is 14.8 Å². The zero-order chi connectivity index (χ0) is 21.7. The van der Waals surface area contributed by atoms with Crippen LogP contribution in [0.4, 0.5) is 5.69 Å². The van der Waals surface area contributed by atoms with E-state index < -0.39 is 15.9 Å². The Morgan fingerprint density at radius 1 is 1.17 bits per heavy atom. The van der Waals surface area contributed by atoms with Gasteiger partial charge in [0.05, 0.1) is 25.9 Å². The quantitative estimate of drug-likeness (QED) is 0.694. The molecular weight excluding hydrogens is 428 g/mol. The van der Waals surface area contributed by atoms with E-state index in [1.807, 2.05) is 0 Å². The highest BCUT2D eigenvalue weighted by Gasteiger charge is 2.32. The van der Waals surface area contributed by atoms with Crippen molar-refractivity contribution in [1.29, 1.82) is 0 Å². The fourth-order valence-electron chi connectivity index (χ4n) is 3.47. The summed E-state index contributed by atoms with van der Waals surface area (Å²) in [6, 6.07) is 12.0. The lowest BCUT2D eigenvalue weighted by Gasteiger charge is -2.31. The maximum Gasteiger partial charge on any atom is 0.228 e. The van der Waals surface area contributed by atoms with Crippen molar-refractivity contribution >= 4 is 33.2 Å². The number of anilines is 1. The van der Waals surface area contributed by atoms with E-state index in [2.05, 4.69) is 5.32 Å². The highest BCUT2D eigenvalue weighted by molar-refractivity contribution is 7.88. The van der Waals surface area contributed by atoms with Crippen LogP contribution in [0.1, 0.15) is 18.4 Å². The number of piperidine rings is 1. The predicted molar refractivity (Wildman–Crippen MR) is 117 cm³/mol. The lowest BCUT2D eigenvalue weighted by molar-refractivity contribution is -0.120. The van der Waals surface area contributed by atoms with Crippen molar-refractivity contribution < 1.29 is 22.7 Å². The van der Waals surface area contributed by atoms with E-state index in [1.54, 1.807) is 42.5 Å². The van der Waals surface area contributed by atoms with Crippen LogP contribution in [-0.4, -0.2) is 45.9 Å². The van der Waals surface area contributed by atoms with Gasteiger partial charge in [-0.25, -0.2) is 12.7 Å². The van der Waals surface area contributed by atoms with Crippen molar-refractivity contribution in [3.8, 4) is 11.5 Å². The van der Waals surface area contributed by atoms with Crippen molar-refractivity contribution in [3.63, 3.8) is 0 Å². The van der Waals surface area contributed by atoms with Crippen LogP contribution in [0.15, 0.2) is 42.5 Å². The zero-order valence-corrected chi connectivity index (χ0v) is 18.5. The van der Waals surface area contributed by atoms with Gasteiger partial charge in [-0.3, -0.25) is 4.79 Å². The summed E-state index contributed by atoms with van der Waals surface area (Å²) in [5.74, 6) is 0.220. The first kappa shape index (κ1) is 22.4. The van der Waals surface area contributed by atoms with E-state index in [-0.39, 0.29) is 18.2 Å². The molecular formula is C21H25ClN2O5S. The SMILES string of the molecule is COc1ccc(NC(=O)[C@@H]2CCCN(S(=O)(=O)Cc3ccccc3Cl)C2)cc1OC. The minimum absolute atomic E-state index is 0.145. The Hall–Kier alpha value is -2.29. The summed E-state index contributed by atoms with van der Waals surface area (Å²) in [6.45, 7) is 0.541. The molecule has 1 amide bonds. The molecule has 1 heterocycles. The number of ether oxygens (including phenoxy) is 2. The number of halogens is 1. The van der Waals surface area contributed by atoms with Crippen molar-refractivity contribution in [2.45, 2.75) is 18.6 Å². The number of methoxy groups -OCH3 is 2. The molecule has 3 rings (SSSR count). The maximum absolute atomic E-state index is 12.9. The Labute approximate surface area is 182 Å². The number of amides is 1. The summed E-state index contributed by atoms with van der Waals surface area (Å²) in [4.78, 5) is 12.8. The molecule has 1 aliphatic heterocycles. The van der Waals surface area contributed by atoms with Crippen LogP contribution in [0.2, 0.25) is 5.02 Å². The van der Waals surface area contributed by atoms with Crippen LogP contribution in [0, 0.1) is 5.92 Å². The van der Waals surface area contributed by atoms with Gasteiger partial charge in [0.25, 0.3) is 0 Å². The van der Waals surface area contributed by atoms with Gasteiger partial charge in [-0.15, -0.1) is 0 Å². The molecule has 0 unspecified atom stereocenters. The van der Waals surface area contributed by atoms with E-state index in [9.17, 15) is 13.2 Å². The normalized spacial score (nSPS) is 17.4. The summed E-state index contributed by atoms with van der Waals surface area (Å²) in [5.41, 5.74) is 1.12. The second kappa shape index (κ2) is 9.68. The summed E-state index contributed by atoms with van der Waals surface area (Å²) in [5, 5.41) is 3.27. The van der Waals surface area contributed by atoms with Gasteiger partial charge in [0.1, 0.15) is 0 Å². The number of benzene rings is 2. The average Bonchev–Trinajstić information content (AvgIpc) is 2.75. The Morgan fingerprint density at radius 3 is 2.60 bits per heavy atom. The van der Waals surface area contributed by atoms with E-state index in [4.69, 9.17) is 21.1 Å². The number of nitrogens with zero attached hydrogens (tertiary/aromatic N) is 1. The summed E-state index contributed by atoms with van der Waals surface area (Å²) < 4.78 is 37.6. The lowest BCUT2D eigenvalue weighted by Crippen LogP contribution is -2.44. The van der Waals surface area contributed by atoms with Crippen molar-refractivity contribution in [2.24, 2.45) is 5.92 Å². The predicted octanol–water partition coefficient (Wildman–Crippen LogP) is 3.54. The summed E-state index contributed by atoms with van der Waals surface area (Å²) >= 11 is 6.12. The molecule has 0 aliphatic carbocycles. The van der Waals surface area contributed by atoms with Gasteiger partial charge in [0, 0.05) is 29.9 Å². The van der Waals surface area contributed by atoms with Gasteiger partial charge in [-0.05, 0) is 36.6 Å². The Morgan fingerprint density at radius 2 is 1.90 bits per heavy atom. The summed E-state index contributed by atoms with van der Waals surface area (Å²) in [6.07, 6.45) is 1.24. The fourth-order valence-corrected chi connectivity index (χ4v) is 5.39. The van der Waals surface area contributed by atoms with E-state index in [0.29, 0.717) is 47.2 Å². The van der Waals surface area contributed by atoms with E-state index in [1.165, 1.54) is 18.5 Å². The van der Waals surface area contributed by atoms with Crippen molar-refractivity contribution in [2.75, 3.05) is 32.6 Å². The number of hydrogen-bond donors (Lipinski definition) is 1. The molecule has 1 saturated heterocycles. The number of hydrogen-bond acceptors (Lipinski definition) is 5. The van der Waals surface area contributed by atoms with Crippen LogP contribution >= 0.6 is 11.6 Å². The Bertz CT molecular complexity index is 1010. The minimum Gasteiger partial charge on any atom is -0.493 e. The number of nitrogens with one attached hydrogen (secondary N) is 1. The molecule has 1 atom stereocenters. The van der Waals surface area contributed by atoms with Gasteiger partial charge in [-0.2, -0.15) is 0 Å². The zero-order valence-electron chi connectivity index (χ0n) is 16.9. The second-order valence-corrected chi connectivity index (χ2v) is 9.48. The average molecular weight is 453 g/mol. The molecule has 2 aromatic carbocycles. The van der Waals surface area contributed by atoms with Gasteiger partial charge in [0.2, 0.25) is 15.9 Å². The molecule has 162 valence electrons. The van der Waals surface area contributed by atoms with Crippen LogP contribution in [-0.2, 0) is 20.6 Å². The first-order valence-electron chi connectivity index (χ1n) is 9.58. The monoisotopic (exact) mass is 452 g/mol. The van der Waals surface area contributed by atoms with Crippen LogP contribution in [0.25, 0.3) is 0 Å². The lowest BCUT2D eigenvalue weighted by atomic mass is 9.98. The molecule has 0 bridgehead atoms. The van der Waals surface area contributed by atoms with E-state index >= 15 is 0 Å². The molecule has 9 heteroatoms. The summed E-state index contributed by atoms with van der Waals surface area (Å²) in [7, 11) is -0.528. The molecule has 1 fully saturated rings. The first-order valence-corrected chi connectivity index (χ1v) is 11.6. The number of carbonyl (C=O) groups excluding carboxylic acids is 1. The molecule has 1 N–H and O–H groups in total. The molecule has 0 saturated carbocycles. The third-order valence-corrected chi connectivity index (χ3v) is 7.26. The standard InChI is InChI=1S/C21H25ClN2O5S/c1-28-19-10-9-17(12-20(19)29-2)23-21(25)15-7-5-11-24(13-15)30(26,27)14-16-6-3-4-8-18(16)22/h3-4,6,8-10,12,15H,5,7,11,13-14H2,1-2H3,(H,23,25)/t15-/m1/s1. The van der Waals surface area contributed by atoms with Crippen LogP contribution in [0.5, 0.6) is 11.5 Å². The molecule has 0 aromatic heterocycles. The van der Waals surface area contributed by atoms with Crippen LogP contribution in [0.3, 0.4) is 0 Å². The molecule has 1 aliphatic rings. The molecule has 0 spiro atoms. The number of rotatable bonds is 7. The highest BCUT2D eigenvalue weighted by atomic mass is 35.5. The van der Waals surface area contributed by atoms with E-state index in [0.717, 1.165) is 0 Å². The smallest absolute Gasteiger partial charge is 0.228 e. The van der Waals surface area contributed by atoms with Crippen molar-refractivity contribution in [3.05, 3.63) is 53.1 Å². The van der Waals surface area contributed by atoms with Crippen LogP contribution < -0.4 is 14.8 Å². The molecule has 7 nitrogen and oxygen atoms in total. The van der Waals surface area contributed by atoms with Gasteiger partial charge in [0.15, 0.2) is 11.5 Å². The van der Waals surface area contributed by atoms with Gasteiger partial charge >= 0.3 is 0 Å². The second-order valence-electron chi connectivity index (χ2n) is 7.10. The minimum atomic E-state index is -3.59. The number of sulfonamides is 1. The Balaban J connectivity index is 1.68. The largest absolute Gasteiger partial charge is 0.493 e. The maximum atomic E-state index is 12.9. The topological polar surface area (TPSA) is 84.9 Å². The molecule has 30 heavy (non-hydrogen) atoms. The first-order chi connectivity index (χ1) is 14.3. The fraction of sp³-hybridized carbons (Fsp3) is 0.381. The van der Waals surface area contributed by atoms with Gasteiger partial charge in [-0.1, -0.05) is 29.8 Å². The third-order valence-electron chi connectivity index (χ3n) is 5.10. The number of carbonyl (C=O) groups is 1. The highest BCUT2D eigenvalue weighted by Crippen LogP contribution is 2.30.